The quantitative estimate of drug-likeness (QED) is 0.512. The number of carbonyl (C=O) groups is 1. The molecule has 2 heterocycles. The summed E-state index contributed by atoms with van der Waals surface area (Å²) in [5.74, 6) is 0.986. The van der Waals surface area contributed by atoms with Crippen molar-refractivity contribution in [2.45, 2.75) is 45.1 Å². The molecule has 1 aromatic carbocycles. The van der Waals surface area contributed by atoms with Crippen LogP contribution in [0.1, 0.15) is 39.0 Å². The molecular formula is C25H33ClN2O2. The molecule has 0 unspecified atom stereocenters. The average molecular weight is 429 g/mol. The summed E-state index contributed by atoms with van der Waals surface area (Å²) in [6, 6.07) is 8.09. The Bertz CT molecular complexity index is 817. The fraction of sp³-hybridized carbons (Fsp3) is 0.640. The largest absolute Gasteiger partial charge is 0.462 e. The lowest BCUT2D eigenvalue weighted by molar-refractivity contribution is -0.146. The first-order valence-electron chi connectivity index (χ1n) is 11.5. The molecule has 5 atom stereocenters. The number of allylic oxidation sites excluding steroid dienone is 1. The number of benzene rings is 1. The second kappa shape index (κ2) is 7.87. The third-order valence-corrected chi connectivity index (χ3v) is 8.59. The van der Waals surface area contributed by atoms with E-state index in [0.29, 0.717) is 11.8 Å². The minimum atomic E-state index is 0.0244. The van der Waals surface area contributed by atoms with Gasteiger partial charge in [-0.05, 0) is 67.7 Å². The molecule has 4 aliphatic rings. The van der Waals surface area contributed by atoms with Gasteiger partial charge in [0, 0.05) is 49.4 Å². The number of piperazine rings is 1. The molecule has 5 rings (SSSR count). The molecule has 2 aliphatic heterocycles. The van der Waals surface area contributed by atoms with E-state index in [1.807, 2.05) is 12.1 Å². The van der Waals surface area contributed by atoms with E-state index in [0.717, 1.165) is 57.0 Å². The predicted octanol–water partition coefficient (Wildman–Crippen LogP) is 4.78. The van der Waals surface area contributed by atoms with Gasteiger partial charge in [-0.3, -0.25) is 9.69 Å². The van der Waals surface area contributed by atoms with Crippen molar-refractivity contribution in [1.82, 2.24) is 4.90 Å². The van der Waals surface area contributed by atoms with Gasteiger partial charge < -0.3 is 9.64 Å². The van der Waals surface area contributed by atoms with Crippen LogP contribution in [0.4, 0.5) is 5.69 Å². The summed E-state index contributed by atoms with van der Waals surface area (Å²) in [6.07, 6.45) is 5.86. The number of anilines is 1. The normalized spacial score (nSPS) is 36.9. The minimum absolute atomic E-state index is 0.0244. The molecule has 0 N–H and O–H groups in total. The fourth-order valence-electron chi connectivity index (χ4n) is 6.58. The number of esters is 1. The van der Waals surface area contributed by atoms with Gasteiger partial charge >= 0.3 is 5.97 Å². The van der Waals surface area contributed by atoms with Crippen molar-refractivity contribution in [2.75, 3.05) is 37.6 Å². The molecule has 4 nitrogen and oxygen atoms in total. The number of fused-ring (bicyclic) bond motifs is 2. The van der Waals surface area contributed by atoms with Crippen LogP contribution in [0.5, 0.6) is 0 Å². The molecule has 0 aromatic heterocycles. The molecule has 4 fully saturated rings. The summed E-state index contributed by atoms with van der Waals surface area (Å²) < 4.78 is 5.95. The molecule has 2 saturated carbocycles. The van der Waals surface area contributed by atoms with Gasteiger partial charge in [0.2, 0.25) is 0 Å². The number of carbonyl (C=O) groups excluding carboxylic acids is 1. The Kier molecular flexibility index (Phi) is 5.35. The predicted molar refractivity (Wildman–Crippen MR) is 121 cm³/mol. The Labute approximate surface area is 185 Å². The van der Waals surface area contributed by atoms with E-state index in [1.54, 1.807) is 0 Å². The van der Waals surface area contributed by atoms with Crippen LogP contribution in [-0.4, -0.2) is 49.7 Å². The standard InChI is InChI=1S/C25H33ClN2O2/c1-17-4-3-9-25(2)15-23-20(14-22(17)25)21(24(29)30-23)16-27-10-12-28(13-11-27)19-7-5-18(26)6-8-19/h5-8,20-23H,1,3-4,9-16H2,2H3/t20-,21+,22+,23-,25-/m1/s1. The summed E-state index contributed by atoms with van der Waals surface area (Å²) in [5.41, 5.74) is 2.91. The zero-order valence-corrected chi connectivity index (χ0v) is 18.7. The summed E-state index contributed by atoms with van der Waals surface area (Å²) in [5, 5.41) is 0.774. The van der Waals surface area contributed by atoms with Gasteiger partial charge in [-0.1, -0.05) is 30.7 Å². The lowest BCUT2D eigenvalue weighted by Crippen LogP contribution is -2.50. The second-order valence-electron chi connectivity index (χ2n) is 10.2. The first kappa shape index (κ1) is 20.4. The lowest BCUT2D eigenvalue weighted by Gasteiger charge is -2.50. The number of hydrogen-bond acceptors (Lipinski definition) is 4. The van der Waals surface area contributed by atoms with Crippen molar-refractivity contribution < 1.29 is 9.53 Å². The van der Waals surface area contributed by atoms with Crippen molar-refractivity contribution in [2.24, 2.45) is 23.2 Å². The van der Waals surface area contributed by atoms with Gasteiger partial charge in [-0.15, -0.1) is 0 Å². The number of halogens is 1. The second-order valence-corrected chi connectivity index (χ2v) is 10.6. The van der Waals surface area contributed by atoms with E-state index in [2.05, 4.69) is 35.4 Å². The Morgan fingerprint density at radius 1 is 1.20 bits per heavy atom. The van der Waals surface area contributed by atoms with Crippen LogP contribution in [-0.2, 0) is 9.53 Å². The first-order valence-corrected chi connectivity index (χ1v) is 11.9. The zero-order chi connectivity index (χ0) is 20.9. The molecule has 2 aliphatic carbocycles. The molecule has 0 spiro atoms. The van der Waals surface area contributed by atoms with E-state index in [4.69, 9.17) is 16.3 Å². The van der Waals surface area contributed by atoms with Crippen LogP contribution in [0.2, 0.25) is 5.02 Å². The molecule has 0 amide bonds. The van der Waals surface area contributed by atoms with Crippen LogP contribution in [0, 0.1) is 23.2 Å². The van der Waals surface area contributed by atoms with Crippen molar-refractivity contribution in [3.05, 3.63) is 41.4 Å². The molecule has 5 heteroatoms. The number of nitrogens with zero attached hydrogens (tertiary/aromatic N) is 2. The highest BCUT2D eigenvalue weighted by Crippen LogP contribution is 2.56. The maximum atomic E-state index is 12.8. The molecule has 1 aromatic rings. The maximum absolute atomic E-state index is 12.8. The van der Waals surface area contributed by atoms with Gasteiger partial charge in [0.15, 0.2) is 0 Å². The van der Waals surface area contributed by atoms with Gasteiger partial charge in [0.1, 0.15) is 6.10 Å². The Hall–Kier alpha value is -1.52. The van der Waals surface area contributed by atoms with Gasteiger partial charge in [-0.2, -0.15) is 0 Å². The van der Waals surface area contributed by atoms with Crippen LogP contribution in [0.15, 0.2) is 36.4 Å². The van der Waals surface area contributed by atoms with Crippen molar-refractivity contribution in [3.63, 3.8) is 0 Å². The third kappa shape index (κ3) is 3.67. The van der Waals surface area contributed by atoms with Gasteiger partial charge in [0.25, 0.3) is 0 Å². The van der Waals surface area contributed by atoms with Crippen LogP contribution >= 0.6 is 11.6 Å². The Balaban J connectivity index is 1.22. The van der Waals surface area contributed by atoms with E-state index in [1.165, 1.54) is 24.1 Å². The molecule has 30 heavy (non-hydrogen) atoms. The van der Waals surface area contributed by atoms with Crippen LogP contribution < -0.4 is 4.90 Å². The maximum Gasteiger partial charge on any atom is 0.310 e. The lowest BCUT2D eigenvalue weighted by atomic mass is 9.55. The van der Waals surface area contributed by atoms with Crippen LogP contribution in [0.3, 0.4) is 0 Å². The molecule has 162 valence electrons. The van der Waals surface area contributed by atoms with Crippen molar-refractivity contribution >= 4 is 23.3 Å². The fourth-order valence-corrected chi connectivity index (χ4v) is 6.71. The van der Waals surface area contributed by atoms with Crippen molar-refractivity contribution in [3.8, 4) is 0 Å². The molecule has 2 saturated heterocycles. The molecule has 0 bridgehead atoms. The highest BCUT2D eigenvalue weighted by Gasteiger charge is 2.55. The van der Waals surface area contributed by atoms with Gasteiger partial charge in [-0.25, -0.2) is 0 Å². The number of hydrogen-bond donors (Lipinski definition) is 0. The number of rotatable bonds is 3. The molecular weight excluding hydrogens is 396 g/mol. The SMILES string of the molecule is C=C1CCC[C@]2(C)C[C@H]3OC(=O)[C@@H](CN4CCN(c5ccc(Cl)cc5)CC4)[C@H]3C[C@@H]12. The topological polar surface area (TPSA) is 32.8 Å². The highest BCUT2D eigenvalue weighted by molar-refractivity contribution is 6.30. The third-order valence-electron chi connectivity index (χ3n) is 8.34. The summed E-state index contributed by atoms with van der Waals surface area (Å²) >= 11 is 6.02. The average Bonchev–Trinajstić information content (AvgIpc) is 3.01. The monoisotopic (exact) mass is 428 g/mol. The van der Waals surface area contributed by atoms with E-state index < -0.39 is 0 Å². The first-order chi connectivity index (χ1) is 14.4. The Morgan fingerprint density at radius 3 is 2.67 bits per heavy atom. The van der Waals surface area contributed by atoms with E-state index >= 15 is 0 Å². The van der Waals surface area contributed by atoms with Crippen LogP contribution in [0.25, 0.3) is 0 Å². The van der Waals surface area contributed by atoms with E-state index in [-0.39, 0.29) is 23.4 Å². The summed E-state index contributed by atoms with van der Waals surface area (Å²) in [6.45, 7) is 11.6. The highest BCUT2D eigenvalue weighted by atomic mass is 35.5. The summed E-state index contributed by atoms with van der Waals surface area (Å²) in [7, 11) is 0. The smallest absolute Gasteiger partial charge is 0.310 e. The Morgan fingerprint density at radius 2 is 1.93 bits per heavy atom. The minimum Gasteiger partial charge on any atom is -0.462 e. The number of ether oxygens (including phenoxy) is 1. The van der Waals surface area contributed by atoms with E-state index in [9.17, 15) is 4.79 Å². The zero-order valence-electron chi connectivity index (χ0n) is 18.0. The van der Waals surface area contributed by atoms with Crippen molar-refractivity contribution in [1.29, 1.82) is 0 Å². The molecule has 0 radical (unpaired) electrons. The van der Waals surface area contributed by atoms with Gasteiger partial charge in [0.05, 0.1) is 5.92 Å². The summed E-state index contributed by atoms with van der Waals surface area (Å²) in [4.78, 5) is 17.7.